The van der Waals surface area contributed by atoms with Crippen molar-refractivity contribution in [2.75, 3.05) is 39.4 Å². The minimum atomic E-state index is -0.379. The van der Waals surface area contributed by atoms with Crippen molar-refractivity contribution in [3.05, 3.63) is 76.0 Å². The standard InChI is InChI=1S/C24H27N5O3/c1-18-22(17-25-10-11-28-12-14-32-15-13-28)23(20-8-5-9-21(16-20)29(30)31)27-24(26-18)19-6-3-2-4-7-19/h2-9,16,25H,10-15,17H2,1H3. The first-order valence-corrected chi connectivity index (χ1v) is 10.8. The predicted octanol–water partition coefficient (Wildman–Crippen LogP) is 3.45. The van der Waals surface area contributed by atoms with Crippen molar-refractivity contribution in [2.24, 2.45) is 0 Å². The van der Waals surface area contributed by atoms with Crippen LogP contribution in [0.3, 0.4) is 0 Å². The molecule has 1 aliphatic rings. The van der Waals surface area contributed by atoms with Gasteiger partial charge in [-0.15, -0.1) is 0 Å². The summed E-state index contributed by atoms with van der Waals surface area (Å²) >= 11 is 0. The van der Waals surface area contributed by atoms with Gasteiger partial charge >= 0.3 is 0 Å². The van der Waals surface area contributed by atoms with E-state index in [0.29, 0.717) is 17.9 Å². The highest BCUT2D eigenvalue weighted by Crippen LogP contribution is 2.29. The first-order valence-electron chi connectivity index (χ1n) is 10.8. The van der Waals surface area contributed by atoms with Crippen LogP contribution in [-0.4, -0.2) is 59.2 Å². The van der Waals surface area contributed by atoms with Crippen molar-refractivity contribution >= 4 is 5.69 Å². The van der Waals surface area contributed by atoms with Gasteiger partial charge in [0, 0.05) is 67.2 Å². The third kappa shape index (κ3) is 5.34. The summed E-state index contributed by atoms with van der Waals surface area (Å²) in [5.74, 6) is 0.613. The molecular formula is C24H27N5O3. The lowest BCUT2D eigenvalue weighted by molar-refractivity contribution is -0.384. The summed E-state index contributed by atoms with van der Waals surface area (Å²) in [5.41, 5.74) is 4.21. The van der Waals surface area contributed by atoms with Crippen LogP contribution < -0.4 is 5.32 Å². The summed E-state index contributed by atoms with van der Waals surface area (Å²) in [4.78, 5) is 22.9. The normalized spacial score (nSPS) is 14.4. The van der Waals surface area contributed by atoms with Crippen LogP contribution in [0.25, 0.3) is 22.6 Å². The minimum absolute atomic E-state index is 0.0475. The van der Waals surface area contributed by atoms with E-state index in [1.54, 1.807) is 12.1 Å². The highest BCUT2D eigenvalue weighted by Gasteiger charge is 2.17. The van der Waals surface area contributed by atoms with Crippen LogP contribution in [0.15, 0.2) is 54.6 Å². The van der Waals surface area contributed by atoms with Gasteiger partial charge in [0.15, 0.2) is 5.82 Å². The van der Waals surface area contributed by atoms with Crippen molar-refractivity contribution in [2.45, 2.75) is 13.5 Å². The monoisotopic (exact) mass is 433 g/mol. The fraction of sp³-hybridized carbons (Fsp3) is 0.333. The fourth-order valence-corrected chi connectivity index (χ4v) is 3.80. The second kappa shape index (κ2) is 10.4. The maximum Gasteiger partial charge on any atom is 0.270 e. The van der Waals surface area contributed by atoms with Gasteiger partial charge in [0.1, 0.15) is 0 Å². The van der Waals surface area contributed by atoms with Crippen LogP contribution in [-0.2, 0) is 11.3 Å². The molecule has 1 fully saturated rings. The molecule has 1 aliphatic heterocycles. The van der Waals surface area contributed by atoms with Crippen LogP contribution in [0.2, 0.25) is 0 Å². The summed E-state index contributed by atoms with van der Waals surface area (Å²) in [6.45, 7) is 7.79. The van der Waals surface area contributed by atoms with E-state index in [0.717, 1.165) is 61.9 Å². The van der Waals surface area contributed by atoms with E-state index in [1.807, 2.05) is 43.3 Å². The van der Waals surface area contributed by atoms with Crippen molar-refractivity contribution in [3.8, 4) is 22.6 Å². The Balaban J connectivity index is 1.62. The van der Waals surface area contributed by atoms with E-state index in [4.69, 9.17) is 14.7 Å². The number of nitro benzene ring substituents is 1. The molecule has 0 spiro atoms. The number of hydrogen-bond donors (Lipinski definition) is 1. The number of non-ortho nitro benzene ring substituents is 1. The smallest absolute Gasteiger partial charge is 0.270 e. The van der Waals surface area contributed by atoms with Crippen molar-refractivity contribution in [3.63, 3.8) is 0 Å². The molecular weight excluding hydrogens is 406 g/mol. The lowest BCUT2D eigenvalue weighted by atomic mass is 10.0. The quantitative estimate of drug-likeness (QED) is 0.330. The van der Waals surface area contributed by atoms with Crippen molar-refractivity contribution in [1.82, 2.24) is 20.2 Å². The van der Waals surface area contributed by atoms with Gasteiger partial charge in [0.05, 0.1) is 23.8 Å². The molecule has 166 valence electrons. The molecule has 0 aliphatic carbocycles. The SMILES string of the molecule is Cc1nc(-c2ccccc2)nc(-c2cccc([N+](=O)[O-])c2)c1CNCCN1CCOCC1. The zero-order chi connectivity index (χ0) is 22.3. The molecule has 3 aromatic rings. The number of ether oxygens (including phenoxy) is 1. The molecule has 8 heteroatoms. The molecule has 0 bridgehead atoms. The molecule has 8 nitrogen and oxygen atoms in total. The molecule has 0 atom stereocenters. The van der Waals surface area contributed by atoms with E-state index in [2.05, 4.69) is 10.2 Å². The Kier molecular flexibility index (Phi) is 7.16. The van der Waals surface area contributed by atoms with Gasteiger partial charge < -0.3 is 10.1 Å². The van der Waals surface area contributed by atoms with E-state index in [-0.39, 0.29) is 10.6 Å². The number of rotatable bonds is 8. The first kappa shape index (κ1) is 22.0. The second-order valence-electron chi connectivity index (χ2n) is 7.76. The summed E-state index contributed by atoms with van der Waals surface area (Å²) < 4.78 is 5.40. The highest BCUT2D eigenvalue weighted by molar-refractivity contribution is 5.69. The Bertz CT molecular complexity index is 1070. The number of nitrogens with one attached hydrogen (secondary N) is 1. The Labute approximate surface area is 187 Å². The van der Waals surface area contributed by atoms with E-state index >= 15 is 0 Å². The Morgan fingerprint density at radius 1 is 1.06 bits per heavy atom. The number of benzene rings is 2. The van der Waals surface area contributed by atoms with Gasteiger partial charge in [0.2, 0.25) is 0 Å². The average molecular weight is 434 g/mol. The number of nitrogens with zero attached hydrogens (tertiary/aromatic N) is 4. The largest absolute Gasteiger partial charge is 0.379 e. The van der Waals surface area contributed by atoms with Gasteiger partial charge in [-0.1, -0.05) is 42.5 Å². The number of aryl methyl sites for hydroxylation is 1. The van der Waals surface area contributed by atoms with Crippen LogP contribution in [0.5, 0.6) is 0 Å². The zero-order valence-electron chi connectivity index (χ0n) is 18.2. The highest BCUT2D eigenvalue weighted by atomic mass is 16.6. The molecule has 0 saturated carbocycles. The van der Waals surface area contributed by atoms with Gasteiger partial charge in [-0.05, 0) is 6.92 Å². The van der Waals surface area contributed by atoms with Crippen LogP contribution in [0.1, 0.15) is 11.3 Å². The molecule has 0 unspecified atom stereocenters. The zero-order valence-corrected chi connectivity index (χ0v) is 18.2. The average Bonchev–Trinajstić information content (AvgIpc) is 2.83. The predicted molar refractivity (Wildman–Crippen MR) is 123 cm³/mol. The topological polar surface area (TPSA) is 93.4 Å². The minimum Gasteiger partial charge on any atom is -0.379 e. The van der Waals surface area contributed by atoms with Gasteiger partial charge in [-0.2, -0.15) is 0 Å². The molecule has 32 heavy (non-hydrogen) atoms. The maximum atomic E-state index is 11.3. The maximum absolute atomic E-state index is 11.3. The second-order valence-corrected chi connectivity index (χ2v) is 7.76. The van der Waals surface area contributed by atoms with Gasteiger partial charge in [-0.3, -0.25) is 15.0 Å². The van der Waals surface area contributed by atoms with Gasteiger partial charge in [-0.25, -0.2) is 9.97 Å². The molecule has 1 saturated heterocycles. The summed E-state index contributed by atoms with van der Waals surface area (Å²) in [6, 6.07) is 16.4. The summed E-state index contributed by atoms with van der Waals surface area (Å²) in [7, 11) is 0. The van der Waals surface area contributed by atoms with Crippen LogP contribution in [0, 0.1) is 17.0 Å². The van der Waals surface area contributed by atoms with Crippen LogP contribution >= 0.6 is 0 Å². The molecule has 0 radical (unpaired) electrons. The summed E-state index contributed by atoms with van der Waals surface area (Å²) in [5, 5.41) is 14.8. The fourth-order valence-electron chi connectivity index (χ4n) is 3.80. The molecule has 1 N–H and O–H groups in total. The lowest BCUT2D eigenvalue weighted by Crippen LogP contribution is -2.40. The summed E-state index contributed by atoms with van der Waals surface area (Å²) in [6.07, 6.45) is 0. The molecule has 4 rings (SSSR count). The Morgan fingerprint density at radius 2 is 1.81 bits per heavy atom. The van der Waals surface area contributed by atoms with Crippen molar-refractivity contribution in [1.29, 1.82) is 0 Å². The third-order valence-corrected chi connectivity index (χ3v) is 5.59. The van der Waals surface area contributed by atoms with Gasteiger partial charge in [0.25, 0.3) is 5.69 Å². The molecule has 0 amide bonds. The number of hydrogen-bond acceptors (Lipinski definition) is 7. The van der Waals surface area contributed by atoms with Crippen LogP contribution in [0.4, 0.5) is 5.69 Å². The third-order valence-electron chi connectivity index (χ3n) is 5.59. The first-order chi connectivity index (χ1) is 15.6. The van der Waals surface area contributed by atoms with E-state index < -0.39 is 0 Å². The number of aromatic nitrogens is 2. The number of morpholine rings is 1. The molecule has 2 aromatic carbocycles. The Morgan fingerprint density at radius 3 is 2.56 bits per heavy atom. The van der Waals surface area contributed by atoms with E-state index in [1.165, 1.54) is 6.07 Å². The van der Waals surface area contributed by atoms with Crippen molar-refractivity contribution < 1.29 is 9.66 Å². The molecule has 1 aromatic heterocycles. The molecule has 2 heterocycles. The Hall–Kier alpha value is -3.20. The van der Waals surface area contributed by atoms with E-state index in [9.17, 15) is 10.1 Å². The lowest BCUT2D eigenvalue weighted by Gasteiger charge is -2.26. The number of nitro groups is 1.